The molecular formula is C52H96O11Si3. The molecule has 1 aliphatic carbocycles. The number of carbonyl (C=O) groups excluding carboxylic acids is 2. The smallest absolute Gasteiger partial charge is 0.336 e. The van der Waals surface area contributed by atoms with Crippen LogP contribution < -0.4 is 0 Å². The van der Waals surface area contributed by atoms with Gasteiger partial charge in [-0.05, 0) is 99.0 Å². The molecule has 1 spiro atoms. The van der Waals surface area contributed by atoms with E-state index in [0.717, 1.165) is 50.6 Å². The summed E-state index contributed by atoms with van der Waals surface area (Å²) in [5, 5.41) is 13.2. The average Bonchev–Trinajstić information content (AvgIpc) is 3.18. The molecule has 0 bridgehead atoms. The van der Waals surface area contributed by atoms with Gasteiger partial charge in [-0.25, -0.2) is 4.79 Å². The number of methoxy groups -OCH3 is 2. The van der Waals surface area contributed by atoms with Crippen LogP contribution >= 0.6 is 0 Å². The van der Waals surface area contributed by atoms with Crippen LogP contribution in [0.4, 0.5) is 0 Å². The van der Waals surface area contributed by atoms with Gasteiger partial charge >= 0.3 is 11.9 Å². The van der Waals surface area contributed by atoms with E-state index in [0.29, 0.717) is 18.4 Å². The van der Waals surface area contributed by atoms with Crippen LogP contribution in [0, 0.1) is 29.6 Å². The van der Waals surface area contributed by atoms with Gasteiger partial charge in [0.25, 0.3) is 0 Å². The quantitative estimate of drug-likeness (QED) is 0.0212. The number of ether oxygens (including phenoxy) is 7. The Labute approximate surface area is 405 Å². The molecule has 11 atom stereocenters. The first kappa shape index (κ1) is 58.8. The summed E-state index contributed by atoms with van der Waals surface area (Å²) in [5.41, 5.74) is -1.02. The summed E-state index contributed by atoms with van der Waals surface area (Å²) in [6.45, 7) is 38.6. The normalized spacial score (nSPS) is 31.4. The Balaban J connectivity index is 1.92. The molecule has 66 heavy (non-hydrogen) atoms. The largest absolute Gasteiger partial charge is 0.466 e. The van der Waals surface area contributed by atoms with Crippen LogP contribution in [-0.4, -0.2) is 118 Å². The van der Waals surface area contributed by atoms with E-state index in [1.54, 1.807) is 19.3 Å². The zero-order chi connectivity index (χ0) is 50.1. The molecule has 1 N–H and O–H groups in total. The van der Waals surface area contributed by atoms with Gasteiger partial charge in [0.2, 0.25) is 0 Å². The average molecular weight is 982 g/mol. The Morgan fingerprint density at radius 2 is 1.55 bits per heavy atom. The fourth-order valence-electron chi connectivity index (χ4n) is 9.57. The standard InChI is InChI=1S/C52H96O11Si3/c1-36(2)45-39(5)25-26-51(62-45)34-42(63-66(18,19)50(7,8)9)33-41(61-51)24-23-38(4)31-37(3)21-20-22-43(48(53)57-11)52(55)44(49(54)59-28-30-65(15,16)17)32-40(6)46(56-10)47(52)60-35-58-27-29-64(12,13)14/h20-23,36-37,39-42,44-47,55H,24-35H2,1-19H3/b21-20+,38-23+,43-22+/t37-,39-,40?,41+,42-,44?,45+,46?,47?,51+,52?/m0/s1. The van der Waals surface area contributed by atoms with Crippen LogP contribution in [0.2, 0.25) is 69.5 Å². The monoisotopic (exact) mass is 981 g/mol. The molecule has 3 aliphatic rings. The predicted octanol–water partition coefficient (Wildman–Crippen LogP) is 11.7. The fraction of sp³-hybridized carbons (Fsp3) is 0.846. The van der Waals surface area contributed by atoms with E-state index in [9.17, 15) is 14.7 Å². The fourth-order valence-corrected chi connectivity index (χ4v) is 12.4. The van der Waals surface area contributed by atoms with Gasteiger partial charge in [0.1, 0.15) is 18.5 Å². The van der Waals surface area contributed by atoms with Crippen LogP contribution in [0.3, 0.4) is 0 Å². The molecule has 0 aromatic carbocycles. The summed E-state index contributed by atoms with van der Waals surface area (Å²) in [6.07, 6.45) is 11.3. The Bertz CT molecular complexity index is 1640. The van der Waals surface area contributed by atoms with Gasteiger partial charge < -0.3 is 42.7 Å². The highest BCUT2D eigenvalue weighted by molar-refractivity contribution is 6.76. The minimum Gasteiger partial charge on any atom is -0.466 e. The Hall–Kier alpha value is -1.47. The van der Waals surface area contributed by atoms with E-state index in [2.05, 4.69) is 114 Å². The van der Waals surface area contributed by atoms with Gasteiger partial charge in [-0.15, -0.1) is 0 Å². The second kappa shape index (κ2) is 24.6. The second-order valence-corrected chi connectivity index (χ2v) is 40.5. The molecular weight excluding hydrogens is 885 g/mol. The highest BCUT2D eigenvalue weighted by Gasteiger charge is 2.61. The van der Waals surface area contributed by atoms with Crippen molar-refractivity contribution in [3.05, 3.63) is 35.5 Å². The maximum atomic E-state index is 14.1. The summed E-state index contributed by atoms with van der Waals surface area (Å²) in [5.74, 6) is -2.37. The van der Waals surface area contributed by atoms with Gasteiger partial charge in [-0.3, -0.25) is 4.79 Å². The van der Waals surface area contributed by atoms with Crippen LogP contribution in [0.5, 0.6) is 0 Å². The van der Waals surface area contributed by atoms with Crippen LogP contribution in [0.15, 0.2) is 35.5 Å². The minimum atomic E-state index is -2.15. The van der Waals surface area contributed by atoms with Crippen molar-refractivity contribution in [2.24, 2.45) is 29.6 Å². The lowest BCUT2D eigenvalue weighted by molar-refractivity contribution is -0.338. The number of hydrogen-bond donors (Lipinski definition) is 1. The summed E-state index contributed by atoms with van der Waals surface area (Å²) >= 11 is 0. The predicted molar refractivity (Wildman–Crippen MR) is 274 cm³/mol. The van der Waals surface area contributed by atoms with E-state index in [-0.39, 0.29) is 60.6 Å². The molecule has 3 rings (SSSR count). The van der Waals surface area contributed by atoms with Gasteiger partial charge in [-0.2, -0.15) is 0 Å². The molecule has 3 fully saturated rings. The molecule has 2 heterocycles. The lowest BCUT2D eigenvalue weighted by Gasteiger charge is -2.52. The highest BCUT2D eigenvalue weighted by Crippen LogP contribution is 2.48. The lowest BCUT2D eigenvalue weighted by Crippen LogP contribution is -2.65. The van der Waals surface area contributed by atoms with Crippen molar-refractivity contribution in [3.8, 4) is 0 Å². The first-order valence-corrected chi connectivity index (χ1v) is 35.5. The molecule has 0 aromatic rings. The van der Waals surface area contributed by atoms with Gasteiger partial charge in [0.15, 0.2) is 14.1 Å². The first-order valence-electron chi connectivity index (χ1n) is 25.2. The number of aliphatic hydroxyl groups is 1. The number of hydrogen-bond acceptors (Lipinski definition) is 11. The van der Waals surface area contributed by atoms with Crippen LogP contribution in [0.25, 0.3) is 0 Å². The Morgan fingerprint density at radius 3 is 2.12 bits per heavy atom. The molecule has 14 heteroatoms. The molecule has 2 aliphatic heterocycles. The molecule has 0 aromatic heterocycles. The van der Waals surface area contributed by atoms with E-state index < -0.39 is 65.9 Å². The topological polar surface area (TPSA) is 128 Å². The summed E-state index contributed by atoms with van der Waals surface area (Å²) in [4.78, 5) is 28.0. The van der Waals surface area contributed by atoms with Crippen molar-refractivity contribution in [2.45, 2.75) is 219 Å². The number of rotatable bonds is 22. The third-order valence-electron chi connectivity index (χ3n) is 14.6. The van der Waals surface area contributed by atoms with E-state index in [1.165, 1.54) is 12.7 Å². The third kappa shape index (κ3) is 16.9. The van der Waals surface area contributed by atoms with Crippen molar-refractivity contribution in [2.75, 3.05) is 34.2 Å². The van der Waals surface area contributed by atoms with E-state index in [1.807, 2.05) is 13.0 Å². The number of esters is 2. The van der Waals surface area contributed by atoms with Crippen LogP contribution in [0.1, 0.15) is 107 Å². The molecule has 0 amide bonds. The zero-order valence-electron chi connectivity index (χ0n) is 45.1. The van der Waals surface area contributed by atoms with Crippen molar-refractivity contribution in [3.63, 3.8) is 0 Å². The van der Waals surface area contributed by atoms with Crippen molar-refractivity contribution in [1.29, 1.82) is 0 Å². The molecule has 2 saturated heterocycles. The maximum absolute atomic E-state index is 14.1. The van der Waals surface area contributed by atoms with Crippen molar-refractivity contribution >= 4 is 36.4 Å². The van der Waals surface area contributed by atoms with Gasteiger partial charge in [0, 0.05) is 42.7 Å². The van der Waals surface area contributed by atoms with Gasteiger partial charge in [-0.1, -0.05) is 118 Å². The minimum absolute atomic E-state index is 0.0351. The molecule has 5 unspecified atom stereocenters. The summed E-state index contributed by atoms with van der Waals surface area (Å²) in [6, 6.07) is 1.70. The number of carbonyl (C=O) groups is 2. The first-order chi connectivity index (χ1) is 30.4. The number of allylic oxidation sites excluding steroid dienone is 4. The van der Waals surface area contributed by atoms with E-state index in [4.69, 9.17) is 37.6 Å². The zero-order valence-corrected chi connectivity index (χ0v) is 48.1. The molecule has 0 radical (unpaired) electrons. The lowest BCUT2D eigenvalue weighted by atomic mass is 9.64. The Kier molecular flexibility index (Phi) is 21.9. The summed E-state index contributed by atoms with van der Waals surface area (Å²) in [7, 11) is -2.13. The SMILES string of the molecule is COC(=O)/C(=C\C=C\[C@H](C)C/C(C)=C/C[C@@H]1C[C@H](O[Si](C)(C)C(C)(C)C)C[C@]2(CC[C@H](C)[C@@H](C(C)C)O2)O1)C1(O)C(C(=O)OCC[Si](C)(C)C)CC(C)C(OC)C1OCOCC[Si](C)(C)C. The molecule has 11 nitrogen and oxygen atoms in total. The summed E-state index contributed by atoms with van der Waals surface area (Å²) < 4.78 is 50.6. The molecule has 382 valence electrons. The molecule has 1 saturated carbocycles. The van der Waals surface area contributed by atoms with Crippen molar-refractivity contribution < 1.29 is 52.3 Å². The van der Waals surface area contributed by atoms with Crippen molar-refractivity contribution in [1.82, 2.24) is 0 Å². The maximum Gasteiger partial charge on any atom is 0.336 e. The Morgan fingerprint density at radius 1 is 0.909 bits per heavy atom. The third-order valence-corrected chi connectivity index (χ3v) is 22.5. The highest BCUT2D eigenvalue weighted by atomic mass is 28.4. The van der Waals surface area contributed by atoms with E-state index >= 15 is 0 Å². The van der Waals surface area contributed by atoms with Crippen LogP contribution in [-0.2, 0) is 47.2 Å². The second-order valence-electron chi connectivity index (χ2n) is 24.6. The van der Waals surface area contributed by atoms with Gasteiger partial charge in [0.05, 0.1) is 49.6 Å².